The van der Waals surface area contributed by atoms with Crippen LogP contribution in [0.5, 0.6) is 0 Å². The number of benzene rings is 1. The Labute approximate surface area is 91.0 Å². The Hall–Kier alpha value is -2.30. The van der Waals surface area contributed by atoms with E-state index in [1.807, 2.05) is 30.3 Å². The molecular formula is C11H11N3O2. The van der Waals surface area contributed by atoms with Crippen molar-refractivity contribution in [3.63, 3.8) is 0 Å². The van der Waals surface area contributed by atoms with E-state index in [-0.39, 0.29) is 5.82 Å². The molecule has 1 heterocycles. The molecule has 0 radical (unpaired) electrons. The van der Waals surface area contributed by atoms with Crippen molar-refractivity contribution in [2.75, 3.05) is 5.73 Å². The quantitative estimate of drug-likeness (QED) is 0.672. The molecule has 0 unspecified atom stereocenters. The van der Waals surface area contributed by atoms with Crippen LogP contribution < -0.4 is 17.0 Å². The fourth-order valence-electron chi connectivity index (χ4n) is 1.51. The third-order valence-corrected chi connectivity index (χ3v) is 2.30. The van der Waals surface area contributed by atoms with Crippen LogP contribution in [0.3, 0.4) is 0 Å². The summed E-state index contributed by atoms with van der Waals surface area (Å²) in [4.78, 5) is 27.0. The maximum Gasteiger partial charge on any atom is 0.327 e. The van der Waals surface area contributed by atoms with Gasteiger partial charge in [0.1, 0.15) is 5.82 Å². The lowest BCUT2D eigenvalue weighted by molar-refractivity contribution is 0.986. The normalized spacial score (nSPS) is 10.2. The van der Waals surface area contributed by atoms with E-state index in [0.29, 0.717) is 12.0 Å². The van der Waals surface area contributed by atoms with E-state index < -0.39 is 11.2 Å². The van der Waals surface area contributed by atoms with Gasteiger partial charge in [0.15, 0.2) is 0 Å². The first kappa shape index (κ1) is 10.2. The number of nitrogen functional groups attached to an aromatic ring is 1. The Morgan fingerprint density at radius 1 is 1.06 bits per heavy atom. The minimum atomic E-state index is -0.584. The SMILES string of the molecule is Nc1[nH]c(=O)[nH]c(=O)c1Cc1ccccc1. The highest BCUT2D eigenvalue weighted by Gasteiger charge is 2.06. The van der Waals surface area contributed by atoms with Gasteiger partial charge in [0.05, 0.1) is 5.56 Å². The van der Waals surface area contributed by atoms with Crippen molar-refractivity contribution >= 4 is 5.82 Å². The van der Waals surface area contributed by atoms with Crippen LogP contribution in [0, 0.1) is 0 Å². The number of hydrogen-bond donors (Lipinski definition) is 3. The molecule has 0 spiro atoms. The van der Waals surface area contributed by atoms with Crippen LogP contribution in [-0.2, 0) is 6.42 Å². The van der Waals surface area contributed by atoms with Gasteiger partial charge >= 0.3 is 5.69 Å². The van der Waals surface area contributed by atoms with E-state index in [4.69, 9.17) is 5.73 Å². The number of nitrogens with two attached hydrogens (primary N) is 1. The van der Waals surface area contributed by atoms with Crippen molar-refractivity contribution in [3.05, 3.63) is 62.3 Å². The standard InChI is InChI=1S/C11H11N3O2/c12-9-8(10(15)14-11(16)13-9)6-7-4-2-1-3-5-7/h1-5H,6H2,(H4,12,13,14,15,16). The number of anilines is 1. The third kappa shape index (κ3) is 2.03. The summed E-state index contributed by atoms with van der Waals surface area (Å²) in [6.45, 7) is 0. The van der Waals surface area contributed by atoms with E-state index in [1.165, 1.54) is 0 Å². The largest absolute Gasteiger partial charge is 0.385 e. The fraction of sp³-hybridized carbons (Fsp3) is 0.0909. The van der Waals surface area contributed by atoms with Crippen molar-refractivity contribution in [1.29, 1.82) is 0 Å². The monoisotopic (exact) mass is 217 g/mol. The van der Waals surface area contributed by atoms with Crippen LogP contribution in [0.1, 0.15) is 11.1 Å². The Balaban J connectivity index is 2.43. The number of H-pyrrole nitrogens is 2. The van der Waals surface area contributed by atoms with Gasteiger partial charge in [0.2, 0.25) is 0 Å². The van der Waals surface area contributed by atoms with Gasteiger partial charge in [-0.2, -0.15) is 0 Å². The smallest absolute Gasteiger partial charge is 0.327 e. The lowest BCUT2D eigenvalue weighted by Crippen LogP contribution is -2.27. The Morgan fingerprint density at radius 2 is 1.75 bits per heavy atom. The molecule has 2 rings (SSSR count). The number of hydrogen-bond acceptors (Lipinski definition) is 3. The summed E-state index contributed by atoms with van der Waals surface area (Å²) in [7, 11) is 0. The summed E-state index contributed by atoms with van der Waals surface area (Å²) in [5, 5.41) is 0. The van der Waals surface area contributed by atoms with E-state index in [1.54, 1.807) is 0 Å². The van der Waals surface area contributed by atoms with Gasteiger partial charge in [0, 0.05) is 6.42 Å². The van der Waals surface area contributed by atoms with Gasteiger partial charge in [0.25, 0.3) is 5.56 Å². The van der Waals surface area contributed by atoms with Crippen LogP contribution in [0.2, 0.25) is 0 Å². The van der Waals surface area contributed by atoms with Gasteiger partial charge in [-0.05, 0) is 5.56 Å². The van der Waals surface area contributed by atoms with Gasteiger partial charge in [-0.25, -0.2) is 4.79 Å². The molecule has 0 aliphatic rings. The van der Waals surface area contributed by atoms with E-state index in [0.717, 1.165) is 5.56 Å². The van der Waals surface area contributed by atoms with Crippen molar-refractivity contribution in [1.82, 2.24) is 9.97 Å². The van der Waals surface area contributed by atoms with Crippen LogP contribution >= 0.6 is 0 Å². The number of nitrogens with one attached hydrogen (secondary N) is 2. The second kappa shape index (κ2) is 4.06. The lowest BCUT2D eigenvalue weighted by Gasteiger charge is -2.03. The van der Waals surface area contributed by atoms with Crippen molar-refractivity contribution < 1.29 is 0 Å². The molecule has 1 aromatic heterocycles. The zero-order valence-electron chi connectivity index (χ0n) is 8.49. The van der Waals surface area contributed by atoms with Gasteiger partial charge in [-0.15, -0.1) is 0 Å². The lowest BCUT2D eigenvalue weighted by atomic mass is 10.1. The molecular weight excluding hydrogens is 206 g/mol. The van der Waals surface area contributed by atoms with Gasteiger partial charge in [-0.3, -0.25) is 14.8 Å². The zero-order chi connectivity index (χ0) is 11.5. The molecule has 4 N–H and O–H groups in total. The summed E-state index contributed by atoms with van der Waals surface area (Å²) in [6.07, 6.45) is 0.402. The molecule has 0 bridgehead atoms. The first-order valence-electron chi connectivity index (χ1n) is 4.81. The second-order valence-corrected chi connectivity index (χ2v) is 3.46. The zero-order valence-corrected chi connectivity index (χ0v) is 8.49. The van der Waals surface area contributed by atoms with Crippen LogP contribution in [0.15, 0.2) is 39.9 Å². The molecule has 5 nitrogen and oxygen atoms in total. The maximum absolute atomic E-state index is 11.5. The minimum Gasteiger partial charge on any atom is -0.385 e. The molecule has 0 amide bonds. The summed E-state index contributed by atoms with van der Waals surface area (Å²) < 4.78 is 0. The molecule has 82 valence electrons. The van der Waals surface area contributed by atoms with Crippen LogP contribution in [0.25, 0.3) is 0 Å². The second-order valence-electron chi connectivity index (χ2n) is 3.46. The first-order chi connectivity index (χ1) is 7.66. The number of rotatable bonds is 2. The molecule has 5 heteroatoms. The van der Waals surface area contributed by atoms with E-state index in [2.05, 4.69) is 9.97 Å². The molecule has 0 aliphatic carbocycles. The summed E-state index contributed by atoms with van der Waals surface area (Å²) in [5.41, 5.74) is 5.92. The molecule has 0 saturated carbocycles. The topological polar surface area (TPSA) is 91.7 Å². The van der Waals surface area contributed by atoms with Crippen molar-refractivity contribution in [2.45, 2.75) is 6.42 Å². The molecule has 16 heavy (non-hydrogen) atoms. The van der Waals surface area contributed by atoms with Crippen molar-refractivity contribution in [2.24, 2.45) is 0 Å². The molecule has 0 saturated heterocycles. The van der Waals surface area contributed by atoms with Gasteiger partial charge < -0.3 is 5.73 Å². The Bertz CT molecular complexity index is 599. The first-order valence-corrected chi connectivity index (χ1v) is 4.81. The highest BCUT2D eigenvalue weighted by molar-refractivity contribution is 5.40. The van der Waals surface area contributed by atoms with Crippen LogP contribution in [0.4, 0.5) is 5.82 Å². The molecule has 0 aliphatic heterocycles. The van der Waals surface area contributed by atoms with E-state index >= 15 is 0 Å². The Morgan fingerprint density at radius 3 is 2.38 bits per heavy atom. The third-order valence-electron chi connectivity index (χ3n) is 2.30. The number of aromatic amines is 2. The summed E-state index contributed by atoms with van der Waals surface area (Å²) in [6, 6.07) is 9.44. The molecule has 1 aromatic carbocycles. The van der Waals surface area contributed by atoms with Crippen molar-refractivity contribution in [3.8, 4) is 0 Å². The van der Waals surface area contributed by atoms with Crippen LogP contribution in [-0.4, -0.2) is 9.97 Å². The summed E-state index contributed by atoms with van der Waals surface area (Å²) in [5.74, 6) is 0.123. The number of aromatic nitrogens is 2. The summed E-state index contributed by atoms with van der Waals surface area (Å²) >= 11 is 0. The van der Waals surface area contributed by atoms with E-state index in [9.17, 15) is 9.59 Å². The highest BCUT2D eigenvalue weighted by Crippen LogP contribution is 2.08. The van der Waals surface area contributed by atoms with Gasteiger partial charge in [-0.1, -0.05) is 30.3 Å². The Kier molecular flexibility index (Phi) is 2.59. The predicted octanol–water partition coefficient (Wildman–Crippen LogP) is 0.236. The fourth-order valence-corrected chi connectivity index (χ4v) is 1.51. The maximum atomic E-state index is 11.5. The molecule has 0 fully saturated rings. The molecule has 0 atom stereocenters. The minimum absolute atomic E-state index is 0.123. The molecule has 2 aromatic rings. The predicted molar refractivity (Wildman–Crippen MR) is 61.3 cm³/mol. The highest BCUT2D eigenvalue weighted by atomic mass is 16.2. The average Bonchev–Trinajstić information content (AvgIpc) is 2.25. The average molecular weight is 217 g/mol.